The van der Waals surface area contributed by atoms with Gasteiger partial charge in [0.1, 0.15) is 5.82 Å². The fourth-order valence-corrected chi connectivity index (χ4v) is 2.58. The first-order chi connectivity index (χ1) is 9.09. The van der Waals surface area contributed by atoms with Gasteiger partial charge in [-0.25, -0.2) is 9.18 Å². The molecule has 4 heteroatoms. The highest BCUT2D eigenvalue weighted by Gasteiger charge is 2.22. The largest absolute Gasteiger partial charge is 0.478 e. The van der Waals surface area contributed by atoms with Crippen molar-refractivity contribution in [3.05, 3.63) is 35.1 Å². The Morgan fingerprint density at radius 1 is 1.42 bits per heavy atom. The van der Waals surface area contributed by atoms with Crippen LogP contribution < -0.4 is 0 Å². The predicted octanol–water partition coefficient (Wildman–Crippen LogP) is 3.62. The Hall–Kier alpha value is -1.42. The fourth-order valence-electron chi connectivity index (χ4n) is 2.58. The van der Waals surface area contributed by atoms with E-state index in [0.29, 0.717) is 11.5 Å². The molecule has 3 nitrogen and oxygen atoms in total. The summed E-state index contributed by atoms with van der Waals surface area (Å²) in [6.45, 7) is 2.29. The Balaban J connectivity index is 2.03. The van der Waals surface area contributed by atoms with E-state index in [0.717, 1.165) is 19.3 Å². The standard InChI is InChI=1S/C15H19FO3/c1-10-5-2-3-8-13(10)19-9-11-6-4-7-12(14(11)16)15(17)18/h4,6-7,10,13H,2-3,5,8-9H2,1H3,(H,17,18). The summed E-state index contributed by atoms with van der Waals surface area (Å²) in [5.41, 5.74) is 0.0236. The molecule has 0 saturated heterocycles. The van der Waals surface area contributed by atoms with Crippen molar-refractivity contribution in [2.75, 3.05) is 0 Å². The van der Waals surface area contributed by atoms with Gasteiger partial charge in [0.25, 0.3) is 0 Å². The molecule has 0 heterocycles. The number of hydrogen-bond donors (Lipinski definition) is 1. The van der Waals surface area contributed by atoms with Crippen molar-refractivity contribution in [1.82, 2.24) is 0 Å². The van der Waals surface area contributed by atoms with Crippen molar-refractivity contribution in [3.63, 3.8) is 0 Å². The molecule has 2 rings (SSSR count). The second-order valence-corrected chi connectivity index (χ2v) is 5.20. The maximum absolute atomic E-state index is 13.9. The average Bonchev–Trinajstić information content (AvgIpc) is 2.39. The lowest BCUT2D eigenvalue weighted by Gasteiger charge is -2.28. The molecule has 1 saturated carbocycles. The van der Waals surface area contributed by atoms with Gasteiger partial charge in [-0.1, -0.05) is 31.9 Å². The summed E-state index contributed by atoms with van der Waals surface area (Å²) < 4.78 is 19.7. The van der Waals surface area contributed by atoms with Crippen molar-refractivity contribution in [1.29, 1.82) is 0 Å². The highest BCUT2D eigenvalue weighted by molar-refractivity contribution is 5.88. The van der Waals surface area contributed by atoms with Crippen LogP contribution in [-0.4, -0.2) is 17.2 Å². The van der Waals surface area contributed by atoms with E-state index in [1.54, 1.807) is 12.1 Å². The zero-order valence-corrected chi connectivity index (χ0v) is 11.1. The molecule has 0 aromatic heterocycles. The summed E-state index contributed by atoms with van der Waals surface area (Å²) in [5, 5.41) is 8.87. The first kappa shape index (κ1) is 14.0. The number of aromatic carboxylic acids is 1. The second kappa shape index (κ2) is 6.15. The number of carboxylic acids is 1. The molecule has 0 spiro atoms. The van der Waals surface area contributed by atoms with E-state index in [1.807, 2.05) is 0 Å². The van der Waals surface area contributed by atoms with E-state index in [9.17, 15) is 9.18 Å². The summed E-state index contributed by atoms with van der Waals surface area (Å²) in [4.78, 5) is 10.9. The molecule has 1 N–H and O–H groups in total. The molecule has 1 aromatic rings. The fraction of sp³-hybridized carbons (Fsp3) is 0.533. The minimum Gasteiger partial charge on any atom is -0.478 e. The van der Waals surface area contributed by atoms with Crippen LogP contribution in [0.15, 0.2) is 18.2 Å². The Kier molecular flexibility index (Phi) is 4.53. The summed E-state index contributed by atoms with van der Waals surface area (Å²) in [5.74, 6) is -1.44. The Morgan fingerprint density at radius 2 is 2.16 bits per heavy atom. The lowest BCUT2D eigenvalue weighted by molar-refractivity contribution is -0.0165. The van der Waals surface area contributed by atoms with Gasteiger partial charge in [-0.2, -0.15) is 0 Å². The van der Waals surface area contributed by atoms with Crippen molar-refractivity contribution in [2.24, 2.45) is 5.92 Å². The molecular weight excluding hydrogens is 247 g/mol. The summed E-state index contributed by atoms with van der Waals surface area (Å²) >= 11 is 0. The van der Waals surface area contributed by atoms with Crippen LogP contribution in [0.25, 0.3) is 0 Å². The lowest BCUT2D eigenvalue weighted by atomic mass is 9.88. The molecule has 2 unspecified atom stereocenters. The number of benzene rings is 1. The van der Waals surface area contributed by atoms with Gasteiger partial charge in [0.05, 0.1) is 18.3 Å². The topological polar surface area (TPSA) is 46.5 Å². The minimum absolute atomic E-state index is 0.141. The number of ether oxygens (including phenoxy) is 1. The van der Waals surface area contributed by atoms with Crippen molar-refractivity contribution in [3.8, 4) is 0 Å². The number of carboxylic acid groups (broad SMARTS) is 1. The summed E-state index contributed by atoms with van der Waals surface area (Å²) in [7, 11) is 0. The van der Waals surface area contributed by atoms with Gasteiger partial charge in [0.2, 0.25) is 0 Å². The van der Waals surface area contributed by atoms with Crippen LogP contribution in [0, 0.1) is 11.7 Å². The molecule has 0 amide bonds. The molecule has 0 aliphatic heterocycles. The van der Waals surface area contributed by atoms with Crippen LogP contribution in [0.3, 0.4) is 0 Å². The monoisotopic (exact) mass is 266 g/mol. The molecule has 0 bridgehead atoms. The molecule has 1 aliphatic rings. The first-order valence-corrected chi connectivity index (χ1v) is 6.72. The molecule has 2 atom stereocenters. The van der Waals surface area contributed by atoms with E-state index in [1.165, 1.54) is 12.5 Å². The van der Waals surface area contributed by atoms with Crippen molar-refractivity contribution >= 4 is 5.97 Å². The zero-order valence-electron chi connectivity index (χ0n) is 11.1. The van der Waals surface area contributed by atoms with Crippen LogP contribution in [0.1, 0.15) is 48.5 Å². The van der Waals surface area contributed by atoms with Crippen LogP contribution >= 0.6 is 0 Å². The molecule has 1 aromatic carbocycles. The van der Waals surface area contributed by atoms with E-state index >= 15 is 0 Å². The Labute approximate surface area is 112 Å². The highest BCUT2D eigenvalue weighted by atomic mass is 19.1. The van der Waals surface area contributed by atoms with Gasteiger partial charge >= 0.3 is 5.97 Å². The van der Waals surface area contributed by atoms with E-state index < -0.39 is 11.8 Å². The van der Waals surface area contributed by atoms with Gasteiger partial charge in [0.15, 0.2) is 0 Å². The van der Waals surface area contributed by atoms with Gasteiger partial charge in [-0.3, -0.25) is 0 Å². The maximum atomic E-state index is 13.9. The second-order valence-electron chi connectivity index (χ2n) is 5.20. The average molecular weight is 266 g/mol. The van der Waals surface area contributed by atoms with Crippen LogP contribution in [0.4, 0.5) is 4.39 Å². The third-order valence-electron chi connectivity index (χ3n) is 3.79. The molecule has 0 radical (unpaired) electrons. The molecule has 104 valence electrons. The molecule has 1 fully saturated rings. The third kappa shape index (κ3) is 3.32. The predicted molar refractivity (Wildman–Crippen MR) is 69.6 cm³/mol. The maximum Gasteiger partial charge on any atom is 0.338 e. The minimum atomic E-state index is -1.25. The summed E-state index contributed by atoms with van der Waals surface area (Å²) in [6, 6.07) is 4.40. The van der Waals surface area contributed by atoms with E-state index in [-0.39, 0.29) is 18.3 Å². The normalized spacial score (nSPS) is 23.3. The van der Waals surface area contributed by atoms with Crippen molar-refractivity contribution in [2.45, 2.75) is 45.3 Å². The van der Waals surface area contributed by atoms with Gasteiger partial charge < -0.3 is 9.84 Å². The van der Waals surface area contributed by atoms with Crippen LogP contribution in [-0.2, 0) is 11.3 Å². The first-order valence-electron chi connectivity index (χ1n) is 6.72. The lowest BCUT2D eigenvalue weighted by Crippen LogP contribution is -2.25. The SMILES string of the molecule is CC1CCCCC1OCc1cccc(C(=O)O)c1F. The molecular formula is C15H19FO3. The van der Waals surface area contributed by atoms with Crippen molar-refractivity contribution < 1.29 is 19.0 Å². The molecule has 19 heavy (non-hydrogen) atoms. The van der Waals surface area contributed by atoms with Crippen LogP contribution in [0.2, 0.25) is 0 Å². The van der Waals surface area contributed by atoms with Gasteiger partial charge in [-0.05, 0) is 24.8 Å². The van der Waals surface area contributed by atoms with Crippen LogP contribution in [0.5, 0.6) is 0 Å². The number of carbonyl (C=O) groups is 1. The quantitative estimate of drug-likeness (QED) is 0.905. The number of halogens is 1. The summed E-state index contributed by atoms with van der Waals surface area (Å²) in [6.07, 6.45) is 4.67. The zero-order chi connectivity index (χ0) is 13.8. The highest BCUT2D eigenvalue weighted by Crippen LogP contribution is 2.27. The van der Waals surface area contributed by atoms with E-state index in [4.69, 9.17) is 9.84 Å². The Bertz CT molecular complexity index is 459. The van der Waals surface area contributed by atoms with E-state index in [2.05, 4.69) is 6.92 Å². The van der Waals surface area contributed by atoms with Gasteiger partial charge in [-0.15, -0.1) is 0 Å². The molecule has 1 aliphatic carbocycles. The number of rotatable bonds is 4. The third-order valence-corrected chi connectivity index (χ3v) is 3.79. The van der Waals surface area contributed by atoms with Gasteiger partial charge in [0, 0.05) is 5.56 Å². The smallest absolute Gasteiger partial charge is 0.338 e. The number of hydrogen-bond acceptors (Lipinski definition) is 2. The Morgan fingerprint density at radius 3 is 2.84 bits per heavy atom.